The molecule has 0 saturated carbocycles. The van der Waals surface area contributed by atoms with Crippen LogP contribution in [0.5, 0.6) is 0 Å². The third-order valence-corrected chi connectivity index (χ3v) is 2.39. The van der Waals surface area contributed by atoms with E-state index in [9.17, 15) is 4.79 Å². The molecule has 1 amide bonds. The fraction of sp³-hybridized carbons (Fsp3) is 0.417. The first-order valence-corrected chi connectivity index (χ1v) is 5.06. The van der Waals surface area contributed by atoms with Crippen molar-refractivity contribution in [3.8, 4) is 0 Å². The molecule has 1 rings (SSSR count). The summed E-state index contributed by atoms with van der Waals surface area (Å²) in [7, 11) is 0. The van der Waals surface area contributed by atoms with Gasteiger partial charge in [-0.15, -0.1) is 0 Å². The summed E-state index contributed by atoms with van der Waals surface area (Å²) in [6.07, 6.45) is -0.962. The van der Waals surface area contributed by atoms with Crippen LogP contribution in [-0.2, 0) is 4.79 Å². The number of hydrogen-bond donors (Lipinski definition) is 2. The Balaban J connectivity index is 2.73. The summed E-state index contributed by atoms with van der Waals surface area (Å²) in [4.78, 5) is 11.3. The van der Waals surface area contributed by atoms with Gasteiger partial charge in [0.25, 0.3) is 0 Å². The molecule has 15 heavy (non-hydrogen) atoms. The van der Waals surface area contributed by atoms with Crippen molar-refractivity contribution < 1.29 is 9.90 Å². The second kappa shape index (κ2) is 4.94. The molecule has 0 aliphatic carbocycles. The first-order chi connectivity index (χ1) is 7.02. The van der Waals surface area contributed by atoms with Gasteiger partial charge in [-0.05, 0) is 31.9 Å². The molecule has 1 aromatic carbocycles. The first kappa shape index (κ1) is 11.7. The number of hydrogen-bond acceptors (Lipinski definition) is 2. The number of amides is 1. The van der Waals surface area contributed by atoms with Crippen LogP contribution in [0.25, 0.3) is 0 Å². The van der Waals surface area contributed by atoms with Crippen LogP contribution < -0.4 is 5.32 Å². The van der Waals surface area contributed by atoms with E-state index in [0.29, 0.717) is 0 Å². The monoisotopic (exact) mass is 207 g/mol. The molecule has 0 heterocycles. The second-order valence-corrected chi connectivity index (χ2v) is 3.76. The van der Waals surface area contributed by atoms with Crippen LogP contribution in [0.15, 0.2) is 24.3 Å². The van der Waals surface area contributed by atoms with Crippen molar-refractivity contribution in [1.82, 2.24) is 5.32 Å². The smallest absolute Gasteiger partial charge is 0.249 e. The molecule has 0 bridgehead atoms. The van der Waals surface area contributed by atoms with E-state index in [1.165, 1.54) is 6.92 Å². The third-order valence-electron chi connectivity index (χ3n) is 2.39. The van der Waals surface area contributed by atoms with E-state index in [0.717, 1.165) is 11.1 Å². The Morgan fingerprint density at radius 3 is 2.47 bits per heavy atom. The molecule has 82 valence electrons. The zero-order valence-electron chi connectivity index (χ0n) is 9.32. The van der Waals surface area contributed by atoms with Crippen molar-refractivity contribution in [2.45, 2.75) is 32.9 Å². The van der Waals surface area contributed by atoms with E-state index in [1.807, 2.05) is 38.1 Å². The molecule has 2 atom stereocenters. The van der Waals surface area contributed by atoms with Gasteiger partial charge in [0.15, 0.2) is 0 Å². The van der Waals surface area contributed by atoms with Gasteiger partial charge >= 0.3 is 0 Å². The average molecular weight is 207 g/mol. The maximum absolute atomic E-state index is 11.3. The van der Waals surface area contributed by atoms with Gasteiger partial charge in [-0.2, -0.15) is 0 Å². The van der Waals surface area contributed by atoms with Crippen LogP contribution in [0.1, 0.15) is 31.0 Å². The molecule has 1 aromatic rings. The van der Waals surface area contributed by atoms with Crippen LogP contribution in [0.4, 0.5) is 0 Å². The van der Waals surface area contributed by atoms with Crippen LogP contribution in [0.2, 0.25) is 0 Å². The molecule has 0 saturated heterocycles. The molecule has 0 aliphatic rings. The van der Waals surface area contributed by atoms with Crippen molar-refractivity contribution in [2.24, 2.45) is 0 Å². The molecule has 3 heteroatoms. The van der Waals surface area contributed by atoms with Gasteiger partial charge in [0.2, 0.25) is 5.91 Å². The minimum absolute atomic E-state index is 0.0756. The Morgan fingerprint density at radius 2 is 1.93 bits per heavy atom. The minimum atomic E-state index is -0.962. The highest BCUT2D eigenvalue weighted by molar-refractivity contribution is 5.80. The highest BCUT2D eigenvalue weighted by atomic mass is 16.3. The number of aliphatic hydroxyl groups excluding tert-OH is 1. The predicted molar refractivity (Wildman–Crippen MR) is 59.4 cm³/mol. The summed E-state index contributed by atoms with van der Waals surface area (Å²) in [6, 6.07) is 7.80. The maximum Gasteiger partial charge on any atom is 0.249 e. The van der Waals surface area contributed by atoms with Crippen LogP contribution >= 0.6 is 0 Å². The van der Waals surface area contributed by atoms with Crippen LogP contribution in [0, 0.1) is 6.92 Å². The first-order valence-electron chi connectivity index (χ1n) is 5.06. The Kier molecular flexibility index (Phi) is 3.86. The van der Waals surface area contributed by atoms with Gasteiger partial charge in [-0.3, -0.25) is 4.79 Å². The molecule has 0 aliphatic heterocycles. The van der Waals surface area contributed by atoms with Gasteiger partial charge in [0, 0.05) is 0 Å². The van der Waals surface area contributed by atoms with Gasteiger partial charge in [0.05, 0.1) is 6.04 Å². The van der Waals surface area contributed by atoms with E-state index >= 15 is 0 Å². The summed E-state index contributed by atoms with van der Waals surface area (Å²) in [5.41, 5.74) is 2.21. The summed E-state index contributed by atoms with van der Waals surface area (Å²) in [5, 5.41) is 11.8. The van der Waals surface area contributed by atoms with E-state index in [1.54, 1.807) is 0 Å². The van der Waals surface area contributed by atoms with Gasteiger partial charge in [-0.25, -0.2) is 0 Å². The lowest BCUT2D eigenvalue weighted by Crippen LogP contribution is -2.34. The second-order valence-electron chi connectivity index (χ2n) is 3.76. The Labute approximate surface area is 90.1 Å². The fourth-order valence-electron chi connectivity index (χ4n) is 1.48. The maximum atomic E-state index is 11.3. The van der Waals surface area contributed by atoms with Crippen molar-refractivity contribution in [2.75, 3.05) is 0 Å². The Bertz CT molecular complexity index is 347. The van der Waals surface area contributed by atoms with E-state index in [4.69, 9.17) is 5.11 Å². The third kappa shape index (κ3) is 3.06. The summed E-state index contributed by atoms with van der Waals surface area (Å²) in [6.45, 7) is 5.36. The number of aliphatic hydroxyl groups is 1. The zero-order chi connectivity index (χ0) is 11.4. The van der Waals surface area contributed by atoms with Gasteiger partial charge in [-0.1, -0.05) is 24.3 Å². The molecule has 2 unspecified atom stereocenters. The molecule has 3 nitrogen and oxygen atoms in total. The number of carbonyl (C=O) groups is 1. The molecule has 0 aromatic heterocycles. The average Bonchev–Trinajstić information content (AvgIpc) is 2.18. The number of nitrogens with one attached hydrogen (secondary N) is 1. The summed E-state index contributed by atoms with van der Waals surface area (Å²) < 4.78 is 0. The predicted octanol–water partition coefficient (Wildman–Crippen LogP) is 1.55. The SMILES string of the molecule is Cc1ccccc1C(C)NC(=O)C(C)O. The molecular weight excluding hydrogens is 190 g/mol. The molecule has 0 fully saturated rings. The lowest BCUT2D eigenvalue weighted by Gasteiger charge is -2.17. The minimum Gasteiger partial charge on any atom is -0.384 e. The van der Waals surface area contributed by atoms with Crippen LogP contribution in [0.3, 0.4) is 0 Å². The Hall–Kier alpha value is -1.35. The highest BCUT2D eigenvalue weighted by Gasteiger charge is 2.14. The van der Waals surface area contributed by atoms with Crippen molar-refractivity contribution in [1.29, 1.82) is 0 Å². The Morgan fingerprint density at radius 1 is 1.33 bits per heavy atom. The summed E-state index contributed by atoms with van der Waals surface area (Å²) >= 11 is 0. The van der Waals surface area contributed by atoms with Gasteiger partial charge in [0.1, 0.15) is 6.10 Å². The van der Waals surface area contributed by atoms with Crippen LogP contribution in [-0.4, -0.2) is 17.1 Å². The quantitative estimate of drug-likeness (QED) is 0.790. The van der Waals surface area contributed by atoms with Crippen molar-refractivity contribution in [3.63, 3.8) is 0 Å². The molecule has 2 N–H and O–H groups in total. The zero-order valence-corrected chi connectivity index (χ0v) is 9.32. The van der Waals surface area contributed by atoms with Crippen molar-refractivity contribution in [3.05, 3.63) is 35.4 Å². The highest BCUT2D eigenvalue weighted by Crippen LogP contribution is 2.16. The molecular formula is C12H17NO2. The largest absolute Gasteiger partial charge is 0.384 e. The topological polar surface area (TPSA) is 49.3 Å². The van der Waals surface area contributed by atoms with E-state index < -0.39 is 6.10 Å². The standard InChI is InChI=1S/C12H17NO2/c1-8-6-4-5-7-11(8)9(2)13-12(15)10(3)14/h4-7,9-10,14H,1-3H3,(H,13,15). The number of aryl methyl sites for hydroxylation is 1. The summed E-state index contributed by atoms with van der Waals surface area (Å²) in [5.74, 6) is -0.342. The van der Waals surface area contributed by atoms with Crippen molar-refractivity contribution >= 4 is 5.91 Å². The van der Waals surface area contributed by atoms with E-state index in [2.05, 4.69) is 5.32 Å². The number of benzene rings is 1. The number of carbonyl (C=O) groups excluding carboxylic acids is 1. The number of rotatable bonds is 3. The molecule has 0 spiro atoms. The normalized spacial score (nSPS) is 14.4. The lowest BCUT2D eigenvalue weighted by atomic mass is 10.0. The molecule has 0 radical (unpaired) electrons. The van der Waals surface area contributed by atoms with E-state index in [-0.39, 0.29) is 11.9 Å². The lowest BCUT2D eigenvalue weighted by molar-refractivity contribution is -0.129. The fourth-order valence-corrected chi connectivity index (χ4v) is 1.48. The van der Waals surface area contributed by atoms with Gasteiger partial charge < -0.3 is 10.4 Å².